The molecule has 1 aromatic heterocycles. The van der Waals surface area contributed by atoms with E-state index < -0.39 is 11.6 Å². The summed E-state index contributed by atoms with van der Waals surface area (Å²) in [5, 5.41) is 5.46. The Balaban J connectivity index is 1.10. The largest absolute Gasteiger partial charge is 0.371 e. The zero-order chi connectivity index (χ0) is 32.3. The molecule has 0 spiro atoms. The summed E-state index contributed by atoms with van der Waals surface area (Å²) in [7, 11) is 2.20. The van der Waals surface area contributed by atoms with Gasteiger partial charge in [-0.3, -0.25) is 19.9 Å². The number of H-pyrrole nitrogens is 1. The maximum absolute atomic E-state index is 12.8. The number of anilines is 3. The molecule has 0 aliphatic carbocycles. The number of likely N-dealkylation sites (N-methyl/N-ethyl adjacent to an activating group) is 1. The first kappa shape index (κ1) is 33.6. The third-order valence-electron chi connectivity index (χ3n) is 9.07. The molecule has 248 valence electrons. The Labute approximate surface area is 272 Å². The van der Waals surface area contributed by atoms with Gasteiger partial charge in [0.25, 0.3) is 5.56 Å². The van der Waals surface area contributed by atoms with E-state index in [4.69, 9.17) is 11.5 Å². The fourth-order valence-corrected chi connectivity index (χ4v) is 6.32. The van der Waals surface area contributed by atoms with E-state index in [1.807, 2.05) is 48.5 Å². The van der Waals surface area contributed by atoms with Crippen LogP contribution in [0.15, 0.2) is 59.5 Å². The van der Waals surface area contributed by atoms with Gasteiger partial charge >= 0.3 is 6.03 Å². The van der Waals surface area contributed by atoms with E-state index >= 15 is 0 Å². The van der Waals surface area contributed by atoms with Crippen molar-refractivity contribution in [2.75, 3.05) is 88.0 Å². The van der Waals surface area contributed by atoms with E-state index in [0.29, 0.717) is 30.4 Å². The molecule has 2 aliphatic rings. The van der Waals surface area contributed by atoms with Crippen LogP contribution in [0.1, 0.15) is 31.2 Å². The Morgan fingerprint density at radius 2 is 1.57 bits per heavy atom. The summed E-state index contributed by atoms with van der Waals surface area (Å²) in [5.74, 6) is 0.0816. The molecule has 3 heterocycles. The number of carbonyl (C=O) groups excluding carboxylic acids is 1. The van der Waals surface area contributed by atoms with Crippen LogP contribution in [0.5, 0.6) is 0 Å². The predicted octanol–water partition coefficient (Wildman–Crippen LogP) is 2.80. The Hall–Kier alpha value is -3.81. The minimum absolute atomic E-state index is 0.0816. The molecule has 2 saturated heterocycles. The van der Waals surface area contributed by atoms with Gasteiger partial charge in [0.2, 0.25) is 5.95 Å². The summed E-state index contributed by atoms with van der Waals surface area (Å²) >= 11 is 0. The molecule has 46 heavy (non-hydrogen) atoms. The third-order valence-corrected chi connectivity index (χ3v) is 9.07. The van der Waals surface area contributed by atoms with E-state index in [0.717, 1.165) is 88.6 Å². The predicted molar refractivity (Wildman–Crippen MR) is 186 cm³/mol. The van der Waals surface area contributed by atoms with E-state index in [2.05, 4.69) is 47.2 Å². The Morgan fingerprint density at radius 1 is 0.913 bits per heavy atom. The van der Waals surface area contributed by atoms with Crippen LogP contribution in [0.3, 0.4) is 0 Å². The summed E-state index contributed by atoms with van der Waals surface area (Å²) in [6, 6.07) is 16.0. The van der Waals surface area contributed by atoms with Gasteiger partial charge in [0.1, 0.15) is 0 Å². The molecule has 0 saturated carbocycles. The second-order valence-electron chi connectivity index (χ2n) is 12.4. The number of amides is 2. The van der Waals surface area contributed by atoms with Crippen LogP contribution < -0.4 is 32.6 Å². The Bertz CT molecular complexity index is 1420. The van der Waals surface area contributed by atoms with E-state index in [1.165, 1.54) is 12.8 Å². The maximum atomic E-state index is 12.8. The number of piperidine rings is 1. The van der Waals surface area contributed by atoms with Crippen molar-refractivity contribution in [2.24, 2.45) is 11.5 Å². The third kappa shape index (κ3) is 9.36. The SMILES string of the molecule is CN1CCN(C2CCN(c3ccc(NC(=O)Nc4nc(=O)c(-c5ccc(CN(CCCN)CCCN)cc5)c[nH]4)cc3)CC2)CC1. The standard InChI is InChI=1S/C34H50N10O2/c1-41-20-22-44(23-21-41)30-12-18-43(19-13-30)29-10-8-28(9-11-29)38-34(46)40-33-37-24-31(32(45)39-33)27-6-4-26(5-7-27)25-42(16-2-14-35)17-3-15-36/h4-11,24,30H,2-3,12-23,25,35-36H2,1H3,(H3,37,38,39,40,45,46). The van der Waals surface area contributed by atoms with Crippen LogP contribution in [-0.4, -0.2) is 109 Å². The summed E-state index contributed by atoms with van der Waals surface area (Å²) in [4.78, 5) is 42.3. The van der Waals surface area contributed by atoms with Gasteiger partial charge in [0.15, 0.2) is 0 Å². The molecule has 2 amide bonds. The average Bonchev–Trinajstić information content (AvgIpc) is 3.07. The van der Waals surface area contributed by atoms with Crippen LogP contribution in [0, 0.1) is 0 Å². The lowest BCUT2D eigenvalue weighted by Gasteiger charge is -2.42. The van der Waals surface area contributed by atoms with Gasteiger partial charge in [-0.1, -0.05) is 24.3 Å². The van der Waals surface area contributed by atoms with Crippen molar-refractivity contribution in [2.45, 2.75) is 38.3 Å². The molecular formula is C34H50N10O2. The van der Waals surface area contributed by atoms with Gasteiger partial charge in [-0.15, -0.1) is 0 Å². The number of nitrogens with two attached hydrogens (primary N) is 2. The number of piperazine rings is 1. The Kier molecular flexibility index (Phi) is 12.2. The highest BCUT2D eigenvalue weighted by Gasteiger charge is 2.26. The second kappa shape index (κ2) is 16.7. The van der Waals surface area contributed by atoms with E-state index in [9.17, 15) is 9.59 Å². The molecule has 0 atom stereocenters. The lowest BCUT2D eigenvalue weighted by molar-refractivity contribution is 0.0982. The van der Waals surface area contributed by atoms with Gasteiger partial charge in [-0.2, -0.15) is 4.98 Å². The number of urea groups is 1. The fourth-order valence-electron chi connectivity index (χ4n) is 6.32. The highest BCUT2D eigenvalue weighted by atomic mass is 16.2. The number of aromatic amines is 1. The molecule has 2 aliphatic heterocycles. The minimum atomic E-state index is -0.477. The zero-order valence-electron chi connectivity index (χ0n) is 27.1. The lowest BCUT2D eigenvalue weighted by Crippen LogP contribution is -2.52. The van der Waals surface area contributed by atoms with Crippen molar-refractivity contribution in [1.82, 2.24) is 24.7 Å². The van der Waals surface area contributed by atoms with Crippen molar-refractivity contribution in [1.29, 1.82) is 0 Å². The summed E-state index contributed by atoms with van der Waals surface area (Å²) in [5.41, 5.74) is 15.1. The van der Waals surface area contributed by atoms with Crippen molar-refractivity contribution in [3.05, 3.63) is 70.6 Å². The summed E-state index contributed by atoms with van der Waals surface area (Å²) in [6.07, 6.45) is 5.80. The van der Waals surface area contributed by atoms with E-state index in [1.54, 1.807) is 6.20 Å². The lowest BCUT2D eigenvalue weighted by atomic mass is 10.0. The quantitative estimate of drug-likeness (QED) is 0.192. The van der Waals surface area contributed by atoms with Crippen LogP contribution >= 0.6 is 0 Å². The molecule has 3 aromatic rings. The molecule has 5 rings (SSSR count). The molecule has 0 bridgehead atoms. The van der Waals surface area contributed by atoms with Crippen LogP contribution in [0.2, 0.25) is 0 Å². The smallest absolute Gasteiger partial charge is 0.326 e. The van der Waals surface area contributed by atoms with E-state index in [-0.39, 0.29) is 5.95 Å². The highest BCUT2D eigenvalue weighted by Crippen LogP contribution is 2.25. The monoisotopic (exact) mass is 630 g/mol. The average molecular weight is 631 g/mol. The second-order valence-corrected chi connectivity index (χ2v) is 12.4. The molecule has 12 nitrogen and oxygen atoms in total. The number of benzene rings is 2. The van der Waals surface area contributed by atoms with Crippen molar-refractivity contribution in [3.63, 3.8) is 0 Å². The number of rotatable bonds is 13. The van der Waals surface area contributed by atoms with Crippen LogP contribution in [0.25, 0.3) is 11.1 Å². The highest BCUT2D eigenvalue weighted by molar-refractivity contribution is 5.98. The van der Waals surface area contributed by atoms with Crippen LogP contribution in [-0.2, 0) is 6.54 Å². The minimum Gasteiger partial charge on any atom is -0.371 e. The molecule has 2 fully saturated rings. The molecule has 0 unspecified atom stereocenters. The molecule has 12 heteroatoms. The normalized spacial score (nSPS) is 16.6. The zero-order valence-corrected chi connectivity index (χ0v) is 27.1. The number of hydrogen-bond acceptors (Lipinski definition) is 9. The summed E-state index contributed by atoms with van der Waals surface area (Å²) in [6.45, 7) is 10.7. The Morgan fingerprint density at radius 3 is 2.17 bits per heavy atom. The van der Waals surface area contributed by atoms with Crippen LogP contribution in [0.4, 0.5) is 22.1 Å². The van der Waals surface area contributed by atoms with Gasteiger partial charge in [-0.25, -0.2) is 4.79 Å². The van der Waals surface area contributed by atoms with Gasteiger partial charge < -0.3 is 31.6 Å². The number of carbonyl (C=O) groups is 1. The molecular weight excluding hydrogens is 580 g/mol. The van der Waals surface area contributed by atoms with Crippen molar-refractivity contribution < 1.29 is 4.79 Å². The number of nitrogens with one attached hydrogen (secondary N) is 3. The first-order valence-corrected chi connectivity index (χ1v) is 16.6. The topological polar surface area (TPSA) is 152 Å². The van der Waals surface area contributed by atoms with Gasteiger partial charge in [0.05, 0.1) is 5.56 Å². The van der Waals surface area contributed by atoms with Crippen molar-refractivity contribution in [3.8, 4) is 11.1 Å². The number of aromatic nitrogens is 2. The summed E-state index contributed by atoms with van der Waals surface area (Å²) < 4.78 is 0. The first-order valence-electron chi connectivity index (χ1n) is 16.6. The number of hydrogen-bond donors (Lipinski definition) is 5. The van der Waals surface area contributed by atoms with Gasteiger partial charge in [-0.05, 0) is 94.3 Å². The van der Waals surface area contributed by atoms with Gasteiger partial charge in [0, 0.05) is 69.4 Å². The fraction of sp³-hybridized carbons (Fsp3) is 0.500. The maximum Gasteiger partial charge on any atom is 0.326 e. The first-order chi connectivity index (χ1) is 22.4. The molecule has 7 N–H and O–H groups in total. The van der Waals surface area contributed by atoms with Crippen molar-refractivity contribution >= 4 is 23.4 Å². The molecule has 2 aromatic carbocycles. The number of nitrogens with zero attached hydrogens (tertiary/aromatic N) is 5. The molecule has 0 radical (unpaired) electrons.